The molecule has 0 fully saturated rings. The van der Waals surface area contributed by atoms with Crippen molar-refractivity contribution >= 4 is 11.0 Å². The molecule has 0 aromatic carbocycles. The number of hydrogen-bond donors (Lipinski definition) is 1. The Labute approximate surface area is 79.0 Å². The first kappa shape index (κ1) is 9.78. The number of nitrogens with one attached hydrogen (secondary N) is 1. The molecular formula is C11H16N2. The first-order valence-electron chi connectivity index (χ1n) is 4.69. The fourth-order valence-corrected chi connectivity index (χ4v) is 1.25. The zero-order valence-corrected chi connectivity index (χ0v) is 8.68. The lowest BCUT2D eigenvalue weighted by atomic mass is 10.3. The monoisotopic (exact) mass is 176 g/mol. The van der Waals surface area contributed by atoms with Gasteiger partial charge in [0.05, 0.1) is 11.0 Å². The van der Waals surface area contributed by atoms with E-state index in [1.54, 1.807) is 0 Å². The predicted octanol–water partition coefficient (Wildman–Crippen LogP) is 3.21. The van der Waals surface area contributed by atoms with Gasteiger partial charge in [-0.15, -0.1) is 0 Å². The SMILES string of the molecule is CC.Cc1ccc2[nH]c(C)cc2n1. The quantitative estimate of drug-likeness (QED) is 0.656. The largest absolute Gasteiger partial charge is 0.357 e. The van der Waals surface area contributed by atoms with Gasteiger partial charge in [0, 0.05) is 11.4 Å². The van der Waals surface area contributed by atoms with E-state index in [9.17, 15) is 0 Å². The molecular weight excluding hydrogens is 160 g/mol. The average Bonchev–Trinajstić information content (AvgIpc) is 2.48. The second-order valence-electron chi connectivity index (χ2n) is 2.84. The lowest BCUT2D eigenvalue weighted by Crippen LogP contribution is -1.78. The molecule has 2 heteroatoms. The summed E-state index contributed by atoms with van der Waals surface area (Å²) in [4.78, 5) is 7.59. The Morgan fingerprint density at radius 3 is 2.54 bits per heavy atom. The fourth-order valence-electron chi connectivity index (χ4n) is 1.25. The molecule has 0 spiro atoms. The normalized spacial score (nSPS) is 9.54. The van der Waals surface area contributed by atoms with Crippen molar-refractivity contribution in [2.75, 3.05) is 0 Å². The number of nitrogens with zero attached hydrogens (tertiary/aromatic N) is 1. The van der Waals surface area contributed by atoms with Gasteiger partial charge in [-0.25, -0.2) is 0 Å². The van der Waals surface area contributed by atoms with Crippen LogP contribution in [0.5, 0.6) is 0 Å². The van der Waals surface area contributed by atoms with E-state index < -0.39 is 0 Å². The molecule has 2 aromatic heterocycles. The van der Waals surface area contributed by atoms with Crippen LogP contribution >= 0.6 is 0 Å². The van der Waals surface area contributed by atoms with Gasteiger partial charge in [0.25, 0.3) is 0 Å². The highest BCUT2D eigenvalue weighted by Gasteiger charge is 1.96. The number of H-pyrrole nitrogens is 1. The van der Waals surface area contributed by atoms with E-state index in [4.69, 9.17) is 0 Å². The summed E-state index contributed by atoms with van der Waals surface area (Å²) in [6.45, 7) is 8.04. The third kappa shape index (κ3) is 2.08. The van der Waals surface area contributed by atoms with Gasteiger partial charge in [-0.1, -0.05) is 13.8 Å². The van der Waals surface area contributed by atoms with E-state index in [1.165, 1.54) is 0 Å². The molecule has 70 valence electrons. The number of fused-ring (bicyclic) bond motifs is 1. The summed E-state index contributed by atoms with van der Waals surface area (Å²) >= 11 is 0. The first-order valence-corrected chi connectivity index (χ1v) is 4.69. The van der Waals surface area contributed by atoms with Crippen LogP contribution in [0.4, 0.5) is 0 Å². The third-order valence-corrected chi connectivity index (χ3v) is 1.75. The summed E-state index contributed by atoms with van der Waals surface area (Å²) in [6.07, 6.45) is 0. The molecule has 2 heterocycles. The standard InChI is InChI=1S/C9H10N2.C2H6/c1-6-3-4-8-9(10-6)5-7(2)11-8;1-2/h3-5,11H,1-2H3;1-2H3. The summed E-state index contributed by atoms with van der Waals surface area (Å²) in [5, 5.41) is 0. The van der Waals surface area contributed by atoms with Crippen molar-refractivity contribution in [3.05, 3.63) is 29.6 Å². The minimum Gasteiger partial charge on any atom is -0.357 e. The van der Waals surface area contributed by atoms with Crippen LogP contribution < -0.4 is 0 Å². The maximum Gasteiger partial charge on any atom is 0.0884 e. The Morgan fingerprint density at radius 1 is 1.15 bits per heavy atom. The van der Waals surface area contributed by atoms with Crippen molar-refractivity contribution in [3.8, 4) is 0 Å². The second kappa shape index (κ2) is 4.08. The number of hydrogen-bond acceptors (Lipinski definition) is 1. The number of aromatic amines is 1. The number of aryl methyl sites for hydroxylation is 2. The van der Waals surface area contributed by atoms with Gasteiger partial charge in [0.15, 0.2) is 0 Å². The summed E-state index contributed by atoms with van der Waals surface area (Å²) < 4.78 is 0. The van der Waals surface area contributed by atoms with Crippen LogP contribution in [-0.2, 0) is 0 Å². The number of rotatable bonds is 0. The van der Waals surface area contributed by atoms with Gasteiger partial charge < -0.3 is 4.98 Å². The van der Waals surface area contributed by atoms with Crippen molar-refractivity contribution < 1.29 is 0 Å². The van der Waals surface area contributed by atoms with E-state index in [-0.39, 0.29) is 0 Å². The van der Waals surface area contributed by atoms with Gasteiger partial charge in [-0.3, -0.25) is 4.98 Å². The minimum absolute atomic E-state index is 1.06. The van der Waals surface area contributed by atoms with Crippen molar-refractivity contribution in [2.45, 2.75) is 27.7 Å². The maximum absolute atomic E-state index is 4.37. The van der Waals surface area contributed by atoms with Crippen LogP contribution in [0.2, 0.25) is 0 Å². The molecule has 0 aliphatic carbocycles. The molecule has 1 N–H and O–H groups in total. The van der Waals surface area contributed by atoms with Gasteiger partial charge in [0.2, 0.25) is 0 Å². The lowest BCUT2D eigenvalue weighted by molar-refractivity contribution is 1.25. The van der Waals surface area contributed by atoms with Crippen LogP contribution in [0.15, 0.2) is 18.2 Å². The van der Waals surface area contributed by atoms with Crippen molar-refractivity contribution in [2.24, 2.45) is 0 Å². The fraction of sp³-hybridized carbons (Fsp3) is 0.364. The molecule has 0 radical (unpaired) electrons. The predicted molar refractivity (Wildman–Crippen MR) is 56.9 cm³/mol. The molecule has 0 unspecified atom stereocenters. The molecule has 13 heavy (non-hydrogen) atoms. The van der Waals surface area contributed by atoms with Crippen LogP contribution in [0.1, 0.15) is 25.2 Å². The van der Waals surface area contributed by atoms with E-state index in [1.807, 2.05) is 33.8 Å². The van der Waals surface area contributed by atoms with E-state index in [0.717, 1.165) is 22.4 Å². The molecule has 2 aromatic rings. The summed E-state index contributed by atoms with van der Waals surface area (Å²) in [5.41, 5.74) is 4.41. The first-order chi connectivity index (χ1) is 6.25. The Morgan fingerprint density at radius 2 is 1.85 bits per heavy atom. The zero-order chi connectivity index (χ0) is 9.84. The molecule has 0 bridgehead atoms. The number of pyridine rings is 1. The highest BCUT2D eigenvalue weighted by molar-refractivity contribution is 5.75. The molecule has 0 saturated heterocycles. The molecule has 0 atom stereocenters. The van der Waals surface area contributed by atoms with Crippen LogP contribution in [-0.4, -0.2) is 9.97 Å². The molecule has 2 rings (SSSR count). The van der Waals surface area contributed by atoms with Crippen LogP contribution in [0, 0.1) is 13.8 Å². The van der Waals surface area contributed by atoms with Gasteiger partial charge in [-0.05, 0) is 32.0 Å². The molecule has 0 aliphatic heterocycles. The molecule has 2 nitrogen and oxygen atoms in total. The maximum atomic E-state index is 4.37. The Balaban J connectivity index is 0.000000396. The van der Waals surface area contributed by atoms with Crippen LogP contribution in [0.3, 0.4) is 0 Å². The third-order valence-electron chi connectivity index (χ3n) is 1.75. The van der Waals surface area contributed by atoms with Crippen molar-refractivity contribution in [1.82, 2.24) is 9.97 Å². The van der Waals surface area contributed by atoms with Gasteiger partial charge in [-0.2, -0.15) is 0 Å². The topological polar surface area (TPSA) is 28.7 Å². The Bertz CT molecular complexity index is 388. The summed E-state index contributed by atoms with van der Waals surface area (Å²) in [6, 6.07) is 6.13. The van der Waals surface area contributed by atoms with E-state index >= 15 is 0 Å². The van der Waals surface area contributed by atoms with Crippen molar-refractivity contribution in [1.29, 1.82) is 0 Å². The summed E-state index contributed by atoms with van der Waals surface area (Å²) in [7, 11) is 0. The van der Waals surface area contributed by atoms with E-state index in [0.29, 0.717) is 0 Å². The van der Waals surface area contributed by atoms with E-state index in [2.05, 4.69) is 22.1 Å². The van der Waals surface area contributed by atoms with Crippen LogP contribution in [0.25, 0.3) is 11.0 Å². The smallest absolute Gasteiger partial charge is 0.0884 e. The minimum atomic E-state index is 1.06. The lowest BCUT2D eigenvalue weighted by Gasteiger charge is -1.89. The highest BCUT2D eigenvalue weighted by atomic mass is 14.8. The average molecular weight is 176 g/mol. The summed E-state index contributed by atoms with van der Waals surface area (Å²) in [5.74, 6) is 0. The Kier molecular flexibility index (Phi) is 3.07. The van der Waals surface area contributed by atoms with Gasteiger partial charge in [0.1, 0.15) is 0 Å². The number of aromatic nitrogens is 2. The van der Waals surface area contributed by atoms with Gasteiger partial charge >= 0.3 is 0 Å². The molecule has 0 saturated carbocycles. The van der Waals surface area contributed by atoms with Crippen molar-refractivity contribution in [3.63, 3.8) is 0 Å². The molecule has 0 amide bonds. The zero-order valence-electron chi connectivity index (χ0n) is 8.68. The second-order valence-corrected chi connectivity index (χ2v) is 2.84. The molecule has 0 aliphatic rings. The Hall–Kier alpha value is -1.31. The highest BCUT2D eigenvalue weighted by Crippen LogP contribution is 2.12.